The van der Waals surface area contributed by atoms with Crippen molar-refractivity contribution in [3.8, 4) is 0 Å². The van der Waals surface area contributed by atoms with Crippen LogP contribution in [0.4, 0.5) is 0 Å². The third kappa shape index (κ3) is 4.11. The van der Waals surface area contributed by atoms with Gasteiger partial charge in [0.25, 0.3) is 0 Å². The highest BCUT2D eigenvalue weighted by atomic mass is 16.2. The van der Waals surface area contributed by atoms with Gasteiger partial charge in [0.05, 0.1) is 19.0 Å². The molecular formula is C23H27N2O2+. The van der Waals surface area contributed by atoms with Crippen molar-refractivity contribution < 1.29 is 14.5 Å². The van der Waals surface area contributed by atoms with Crippen LogP contribution in [0.3, 0.4) is 0 Å². The molecule has 2 heterocycles. The first-order chi connectivity index (χ1) is 13.2. The quantitative estimate of drug-likeness (QED) is 0.826. The first-order valence-corrected chi connectivity index (χ1v) is 9.97. The first-order valence-electron chi connectivity index (χ1n) is 9.97. The van der Waals surface area contributed by atoms with E-state index in [2.05, 4.69) is 30.3 Å². The van der Waals surface area contributed by atoms with Crippen molar-refractivity contribution in [1.82, 2.24) is 4.90 Å². The lowest BCUT2D eigenvalue weighted by Crippen LogP contribution is -3.14. The van der Waals surface area contributed by atoms with E-state index < -0.39 is 0 Å². The molecule has 0 aromatic heterocycles. The number of carbonyl (C=O) groups excluding carboxylic acids is 2. The first kappa shape index (κ1) is 17.9. The maximum absolute atomic E-state index is 12.8. The van der Waals surface area contributed by atoms with Crippen molar-refractivity contribution in [3.63, 3.8) is 0 Å². The third-order valence-corrected chi connectivity index (χ3v) is 6.01. The molecule has 0 saturated carbocycles. The Bertz CT molecular complexity index is 783. The molecule has 2 amide bonds. The molecule has 0 spiro atoms. The molecule has 1 atom stereocenters. The highest BCUT2D eigenvalue weighted by Gasteiger charge is 2.41. The number of quaternary nitrogens is 1. The topological polar surface area (TPSA) is 41.8 Å². The van der Waals surface area contributed by atoms with Gasteiger partial charge in [-0.25, -0.2) is 4.90 Å². The molecule has 0 bridgehead atoms. The van der Waals surface area contributed by atoms with Gasteiger partial charge in [-0.1, -0.05) is 60.7 Å². The summed E-state index contributed by atoms with van der Waals surface area (Å²) in [6.07, 6.45) is 3.75. The van der Waals surface area contributed by atoms with Crippen LogP contribution >= 0.6 is 0 Å². The second-order valence-electron chi connectivity index (χ2n) is 7.87. The van der Waals surface area contributed by atoms with Gasteiger partial charge in [0, 0.05) is 6.42 Å². The second kappa shape index (κ2) is 8.05. The number of carbonyl (C=O) groups is 2. The van der Waals surface area contributed by atoms with E-state index in [0.717, 1.165) is 37.9 Å². The Labute approximate surface area is 160 Å². The Hall–Kier alpha value is -2.46. The van der Waals surface area contributed by atoms with Crippen LogP contribution < -0.4 is 4.90 Å². The molecule has 2 aromatic rings. The molecule has 4 nitrogen and oxygen atoms in total. The predicted molar refractivity (Wildman–Crippen MR) is 104 cm³/mol. The normalized spacial score (nSPS) is 25.8. The molecule has 0 aliphatic carbocycles. The van der Waals surface area contributed by atoms with Crippen LogP contribution in [-0.4, -0.2) is 36.5 Å². The molecule has 2 aromatic carbocycles. The monoisotopic (exact) mass is 363 g/mol. The summed E-state index contributed by atoms with van der Waals surface area (Å²) in [7, 11) is 0. The average Bonchev–Trinajstić information content (AvgIpc) is 2.99. The number of piperidine rings is 1. The van der Waals surface area contributed by atoms with Gasteiger partial charge in [0.2, 0.25) is 11.8 Å². The lowest BCUT2D eigenvalue weighted by atomic mass is 9.90. The summed E-state index contributed by atoms with van der Waals surface area (Å²) in [5.74, 6) is 0.366. The zero-order chi connectivity index (χ0) is 18.6. The van der Waals surface area contributed by atoms with Gasteiger partial charge in [-0.2, -0.15) is 0 Å². The molecule has 2 aliphatic heterocycles. The summed E-state index contributed by atoms with van der Waals surface area (Å²) in [6, 6.07) is 20.3. The van der Waals surface area contributed by atoms with Gasteiger partial charge in [0.15, 0.2) is 6.67 Å². The zero-order valence-corrected chi connectivity index (χ0v) is 15.6. The second-order valence-corrected chi connectivity index (χ2v) is 7.87. The standard InChI is InChI=1S/C23H26N2O2/c26-22-16-21(20-9-5-2-6-10-20)23(27)25(22)17-24-13-11-19(12-14-24)15-18-7-3-1-4-8-18/h1-10,19,21H,11-17H2/p+1/t21-/m1/s1. The van der Waals surface area contributed by atoms with Crippen molar-refractivity contribution in [1.29, 1.82) is 0 Å². The van der Waals surface area contributed by atoms with E-state index in [1.54, 1.807) is 0 Å². The highest BCUT2D eigenvalue weighted by molar-refractivity contribution is 6.06. The predicted octanol–water partition coefficient (Wildman–Crippen LogP) is 2.02. The van der Waals surface area contributed by atoms with Crippen LogP contribution in [0.15, 0.2) is 60.7 Å². The van der Waals surface area contributed by atoms with E-state index in [9.17, 15) is 9.59 Å². The van der Waals surface area contributed by atoms with Crippen molar-refractivity contribution in [2.45, 2.75) is 31.6 Å². The largest absolute Gasteiger partial charge is 0.317 e. The fraction of sp³-hybridized carbons (Fsp3) is 0.391. The number of likely N-dealkylation sites (tertiary alicyclic amines) is 2. The molecule has 27 heavy (non-hydrogen) atoms. The maximum atomic E-state index is 12.8. The average molecular weight is 363 g/mol. The van der Waals surface area contributed by atoms with Crippen LogP contribution in [0.2, 0.25) is 0 Å². The minimum absolute atomic E-state index is 0.0206. The smallest absolute Gasteiger partial charge is 0.241 e. The minimum Gasteiger partial charge on any atom is -0.317 e. The molecular weight excluding hydrogens is 336 g/mol. The number of hydrogen-bond acceptors (Lipinski definition) is 2. The van der Waals surface area contributed by atoms with Gasteiger partial charge in [0.1, 0.15) is 0 Å². The van der Waals surface area contributed by atoms with Gasteiger partial charge < -0.3 is 4.90 Å². The summed E-state index contributed by atoms with van der Waals surface area (Å²) >= 11 is 0. The minimum atomic E-state index is -0.297. The Morgan fingerprint density at radius 2 is 1.52 bits per heavy atom. The number of nitrogens with one attached hydrogen (secondary N) is 1. The van der Waals surface area contributed by atoms with Crippen LogP contribution in [0, 0.1) is 5.92 Å². The van der Waals surface area contributed by atoms with Crippen LogP contribution in [0.1, 0.15) is 36.3 Å². The summed E-state index contributed by atoms with van der Waals surface area (Å²) in [5.41, 5.74) is 2.36. The lowest BCUT2D eigenvalue weighted by Gasteiger charge is -2.31. The van der Waals surface area contributed by atoms with Crippen LogP contribution in [0.5, 0.6) is 0 Å². The van der Waals surface area contributed by atoms with Crippen molar-refractivity contribution in [2.75, 3.05) is 19.8 Å². The SMILES string of the molecule is O=C1C[C@H](c2ccccc2)C(=O)N1C[NH+]1CCC(Cc2ccccc2)CC1. The van der Waals surface area contributed by atoms with E-state index in [1.807, 2.05) is 30.3 Å². The van der Waals surface area contributed by atoms with E-state index in [0.29, 0.717) is 19.0 Å². The number of hydrogen-bond donors (Lipinski definition) is 1. The highest BCUT2D eigenvalue weighted by Crippen LogP contribution is 2.28. The summed E-state index contributed by atoms with van der Waals surface area (Å²) in [4.78, 5) is 28.1. The lowest BCUT2D eigenvalue weighted by molar-refractivity contribution is -0.913. The number of amides is 2. The third-order valence-electron chi connectivity index (χ3n) is 6.01. The fourth-order valence-corrected chi connectivity index (χ4v) is 4.41. The Kier molecular flexibility index (Phi) is 5.35. The van der Waals surface area contributed by atoms with E-state index in [1.165, 1.54) is 15.4 Å². The van der Waals surface area contributed by atoms with E-state index in [-0.39, 0.29) is 17.7 Å². The van der Waals surface area contributed by atoms with Gasteiger partial charge in [-0.05, 0) is 36.3 Å². The molecule has 2 fully saturated rings. The number of nitrogens with zero attached hydrogens (tertiary/aromatic N) is 1. The summed E-state index contributed by atoms with van der Waals surface area (Å²) < 4.78 is 0. The fourth-order valence-electron chi connectivity index (χ4n) is 4.41. The summed E-state index contributed by atoms with van der Waals surface area (Å²) in [6.45, 7) is 2.59. The van der Waals surface area contributed by atoms with Crippen LogP contribution in [0.25, 0.3) is 0 Å². The van der Waals surface area contributed by atoms with Gasteiger partial charge in [-0.3, -0.25) is 9.59 Å². The van der Waals surface area contributed by atoms with Crippen LogP contribution in [-0.2, 0) is 16.0 Å². The molecule has 0 unspecified atom stereocenters. The Morgan fingerprint density at radius 1 is 0.889 bits per heavy atom. The molecule has 4 heteroatoms. The number of rotatable bonds is 5. The van der Waals surface area contributed by atoms with Crippen molar-refractivity contribution in [2.24, 2.45) is 5.92 Å². The van der Waals surface area contributed by atoms with Crippen molar-refractivity contribution in [3.05, 3.63) is 71.8 Å². The molecule has 2 aliphatic rings. The Morgan fingerprint density at radius 3 is 2.19 bits per heavy atom. The molecule has 1 N–H and O–H groups in total. The molecule has 2 saturated heterocycles. The van der Waals surface area contributed by atoms with Gasteiger partial charge in [-0.15, -0.1) is 0 Å². The number of benzene rings is 2. The van der Waals surface area contributed by atoms with E-state index >= 15 is 0 Å². The number of imide groups is 1. The maximum Gasteiger partial charge on any atom is 0.241 e. The molecule has 4 rings (SSSR count). The zero-order valence-electron chi connectivity index (χ0n) is 15.6. The van der Waals surface area contributed by atoms with Crippen molar-refractivity contribution >= 4 is 11.8 Å². The van der Waals surface area contributed by atoms with Gasteiger partial charge >= 0.3 is 0 Å². The Balaban J connectivity index is 1.31. The molecule has 140 valence electrons. The molecule has 0 radical (unpaired) electrons. The van der Waals surface area contributed by atoms with E-state index in [4.69, 9.17) is 0 Å². The summed E-state index contributed by atoms with van der Waals surface area (Å²) in [5, 5.41) is 0.